The normalized spacial score (nSPS) is 14.8. The van der Waals surface area contributed by atoms with E-state index in [4.69, 9.17) is 36.7 Å². The van der Waals surface area contributed by atoms with Gasteiger partial charge in [0.05, 0.1) is 29.3 Å². The SMILES string of the molecule is C=CCNc1nc(NCC=C)nc(N2CCN(C(c3ccc(F)cc3)c3ccc(F)cc3)CC2)n1.Cc1ccc(C(c2ccc(F)cc2)N2CCN(C(=O)c3cc(-c4ccco4)on3)CC2)cc1.Cc1onc(C(=O)N2CCN(C(c3ccc(Cl)cc3)c3ccc(Cl)cc3)CC2)c1[N+](=O)[O-]. The Bertz CT molecular complexity index is 4190. The Kier molecular flexibility index (Phi) is 23.6. The molecule has 6 aromatic carbocycles. The van der Waals surface area contributed by atoms with Crippen LogP contribution >= 0.6 is 23.2 Å². The summed E-state index contributed by atoms with van der Waals surface area (Å²) >= 11 is 12.2. The standard InChI is InChI=1S/C26H29F2N7.C26H24FN3O3.C22H20Cl2N4O4/c1-3-13-29-24-31-25(30-14-4-2)33-26(32-24)35-17-15-34(16-18-35)23(19-5-9-21(27)10-6-19)20-7-11-22(28)12-8-20;1-18-4-6-19(7-5-18)25(20-8-10-21(27)11-9-20)29-12-14-30(15-13-29)26(31)22-17-24(33-28-22)23-3-2-16-32-23;1-14-20(28(30)31)19(25-32-14)22(29)27-12-10-26(11-13-27)21(15-2-6-17(23)7-3-15)16-4-8-18(24)9-5-16/h3-12,23H,1-2,13-18H2,(H2,29,30,31,32,33);2-11,16-17,25H,12-15H2,1H3;2-9,21H,10-13H2,1H3. The predicted molar refractivity (Wildman–Crippen MR) is 377 cm³/mol. The molecule has 3 fully saturated rings. The van der Waals surface area contributed by atoms with Crippen molar-refractivity contribution in [1.29, 1.82) is 0 Å². The summed E-state index contributed by atoms with van der Waals surface area (Å²) < 4.78 is 56.2. The molecule has 1 unspecified atom stereocenters. The number of hydrogen-bond acceptors (Lipinski definition) is 18. The van der Waals surface area contributed by atoms with Crippen molar-refractivity contribution in [3.8, 4) is 11.5 Å². The Labute approximate surface area is 586 Å². The topological polar surface area (TPSA) is 225 Å². The lowest BCUT2D eigenvalue weighted by Crippen LogP contribution is -2.50. The smallest absolute Gasteiger partial charge is 0.344 e. The van der Waals surface area contributed by atoms with E-state index in [0.29, 0.717) is 118 Å². The van der Waals surface area contributed by atoms with Crippen LogP contribution in [0.15, 0.2) is 209 Å². The van der Waals surface area contributed by atoms with E-state index >= 15 is 0 Å². The van der Waals surface area contributed by atoms with E-state index < -0.39 is 10.8 Å². The molecule has 0 saturated carbocycles. The van der Waals surface area contributed by atoms with Gasteiger partial charge in [-0.05, 0) is 113 Å². The molecule has 0 bridgehead atoms. The molecule has 1 atom stereocenters. The molecule has 7 heterocycles. The van der Waals surface area contributed by atoms with Gasteiger partial charge in [-0.3, -0.25) is 34.4 Å². The van der Waals surface area contributed by atoms with E-state index in [1.165, 1.54) is 48.9 Å². The van der Waals surface area contributed by atoms with E-state index in [1.807, 2.05) is 60.7 Å². The van der Waals surface area contributed by atoms with Crippen LogP contribution in [-0.4, -0.2) is 158 Å². The zero-order valence-corrected chi connectivity index (χ0v) is 56.5. The fraction of sp³-hybridized carbons (Fsp3) is 0.257. The van der Waals surface area contributed by atoms with Crippen molar-refractivity contribution in [2.24, 2.45) is 0 Å². The molecule has 3 aliphatic rings. The number of carbonyl (C=O) groups is 2. The van der Waals surface area contributed by atoms with E-state index in [0.717, 1.165) is 46.5 Å². The highest BCUT2D eigenvalue weighted by molar-refractivity contribution is 6.30. The quantitative estimate of drug-likeness (QED) is 0.0411. The molecule has 26 heteroatoms. The number of halogens is 5. The minimum absolute atomic E-state index is 0.0129. The van der Waals surface area contributed by atoms with Crippen LogP contribution in [0.3, 0.4) is 0 Å². The highest BCUT2D eigenvalue weighted by atomic mass is 35.5. The number of carbonyl (C=O) groups excluding carboxylic acids is 2. The molecule has 21 nitrogen and oxygen atoms in total. The zero-order chi connectivity index (χ0) is 70.2. The van der Waals surface area contributed by atoms with Crippen LogP contribution in [0.25, 0.3) is 11.5 Å². The minimum Gasteiger partial charge on any atom is -0.461 e. The lowest BCUT2D eigenvalue weighted by Gasteiger charge is -2.39. The molecule has 4 aromatic heterocycles. The summed E-state index contributed by atoms with van der Waals surface area (Å²) in [5.41, 5.74) is 7.05. The van der Waals surface area contributed by atoms with Gasteiger partial charge in [-0.1, -0.05) is 136 Å². The number of aryl methyl sites for hydroxylation is 2. The van der Waals surface area contributed by atoms with Crippen LogP contribution in [0.2, 0.25) is 10.0 Å². The van der Waals surface area contributed by atoms with Crippen molar-refractivity contribution in [3.63, 3.8) is 0 Å². The van der Waals surface area contributed by atoms with E-state index in [9.17, 15) is 32.9 Å². The van der Waals surface area contributed by atoms with Crippen LogP contribution in [0.4, 0.5) is 36.7 Å². The Morgan fingerprint density at radius 3 is 1.34 bits per heavy atom. The number of piperazine rings is 3. The highest BCUT2D eigenvalue weighted by Crippen LogP contribution is 2.36. The fourth-order valence-electron chi connectivity index (χ4n) is 12.3. The summed E-state index contributed by atoms with van der Waals surface area (Å²) in [4.78, 5) is 62.5. The van der Waals surface area contributed by atoms with Gasteiger partial charge in [0.15, 0.2) is 11.5 Å². The van der Waals surface area contributed by atoms with Gasteiger partial charge in [0, 0.05) is 115 Å². The monoisotopic (exact) mass is 1400 g/mol. The highest BCUT2D eigenvalue weighted by Gasteiger charge is 2.36. The summed E-state index contributed by atoms with van der Waals surface area (Å²) in [6.07, 6.45) is 5.03. The van der Waals surface area contributed by atoms with Crippen molar-refractivity contribution in [2.75, 3.05) is 107 Å². The third kappa shape index (κ3) is 17.7. The van der Waals surface area contributed by atoms with Gasteiger partial charge < -0.3 is 38.8 Å². The molecule has 2 amide bonds. The molecule has 0 radical (unpaired) electrons. The van der Waals surface area contributed by atoms with Crippen molar-refractivity contribution in [2.45, 2.75) is 32.0 Å². The first-order valence-corrected chi connectivity index (χ1v) is 33.2. The number of rotatable bonds is 20. The van der Waals surface area contributed by atoms with Crippen LogP contribution in [-0.2, 0) is 0 Å². The van der Waals surface area contributed by atoms with Gasteiger partial charge in [0.1, 0.15) is 17.5 Å². The number of anilines is 3. The van der Waals surface area contributed by atoms with Gasteiger partial charge in [-0.2, -0.15) is 15.0 Å². The van der Waals surface area contributed by atoms with Gasteiger partial charge in [-0.25, -0.2) is 13.2 Å². The average molecular weight is 1400 g/mol. The summed E-state index contributed by atoms with van der Waals surface area (Å²) in [5, 5.41) is 26.4. The van der Waals surface area contributed by atoms with Gasteiger partial charge in [0.25, 0.3) is 11.8 Å². The Hall–Kier alpha value is -10.5. The lowest BCUT2D eigenvalue weighted by atomic mass is 9.95. The summed E-state index contributed by atoms with van der Waals surface area (Å²) in [6.45, 7) is 19.3. The number of nitro groups is 1. The second-order valence-electron chi connectivity index (χ2n) is 23.9. The number of amides is 2. The fourth-order valence-corrected chi connectivity index (χ4v) is 12.6. The van der Waals surface area contributed by atoms with E-state index in [2.05, 4.69) is 99.8 Å². The van der Waals surface area contributed by atoms with Crippen LogP contribution in [0, 0.1) is 41.4 Å². The predicted octanol–water partition coefficient (Wildman–Crippen LogP) is 13.9. The molecule has 3 saturated heterocycles. The van der Waals surface area contributed by atoms with Crippen molar-refractivity contribution in [3.05, 3.63) is 289 Å². The van der Waals surface area contributed by atoms with Crippen LogP contribution < -0.4 is 15.5 Å². The Morgan fingerprint density at radius 1 is 0.540 bits per heavy atom. The van der Waals surface area contributed by atoms with E-state index in [1.54, 1.807) is 70.7 Å². The third-order valence-corrected chi connectivity index (χ3v) is 17.9. The first-order chi connectivity index (χ1) is 48.5. The maximum atomic E-state index is 13.6. The molecule has 3 aliphatic heterocycles. The number of furan rings is 1. The molecule has 0 aliphatic carbocycles. The van der Waals surface area contributed by atoms with Crippen LogP contribution in [0.1, 0.15) is 83.8 Å². The van der Waals surface area contributed by atoms with Gasteiger partial charge in [0.2, 0.25) is 35.1 Å². The largest absolute Gasteiger partial charge is 0.461 e. The molecule has 10 aromatic rings. The number of nitrogens with one attached hydrogen (secondary N) is 2. The van der Waals surface area contributed by atoms with Crippen molar-refractivity contribution in [1.82, 2.24) is 49.8 Å². The minimum atomic E-state index is -0.633. The third-order valence-electron chi connectivity index (χ3n) is 17.4. The molecule has 13 rings (SSSR count). The zero-order valence-electron chi connectivity index (χ0n) is 55.0. The molecule has 516 valence electrons. The van der Waals surface area contributed by atoms with Crippen LogP contribution in [0.5, 0.6) is 0 Å². The van der Waals surface area contributed by atoms with E-state index in [-0.39, 0.29) is 64.3 Å². The molecule has 0 spiro atoms. The van der Waals surface area contributed by atoms with Crippen molar-refractivity contribution < 1.29 is 41.1 Å². The summed E-state index contributed by atoms with van der Waals surface area (Å²) in [6, 6.07) is 48.4. The summed E-state index contributed by atoms with van der Waals surface area (Å²) in [7, 11) is 0. The Balaban J connectivity index is 0.000000151. The first-order valence-electron chi connectivity index (χ1n) is 32.5. The number of benzene rings is 6. The second-order valence-corrected chi connectivity index (χ2v) is 24.8. The summed E-state index contributed by atoms with van der Waals surface area (Å²) in [5.74, 6) is 1.02. The number of nitrogens with zero attached hydrogens (tertiary/aromatic N) is 12. The molecule has 2 N–H and O–H groups in total. The molecular weight excluding hydrogens is 1320 g/mol. The second kappa shape index (κ2) is 33.4. The Morgan fingerprint density at radius 2 is 0.940 bits per heavy atom. The molecule has 100 heavy (non-hydrogen) atoms. The average Bonchev–Trinajstić information content (AvgIpc) is 1.09. The maximum Gasteiger partial charge on any atom is 0.344 e. The first kappa shape index (κ1) is 70.8. The lowest BCUT2D eigenvalue weighted by molar-refractivity contribution is -0.386. The number of hydrogen-bond donors (Lipinski definition) is 2. The molecular formula is C74H73Cl2F3N14O7. The van der Waals surface area contributed by atoms with Gasteiger partial charge >= 0.3 is 5.69 Å². The van der Waals surface area contributed by atoms with Crippen molar-refractivity contribution >= 4 is 58.5 Å². The number of aromatic nitrogens is 5. The maximum absolute atomic E-state index is 13.6. The van der Waals surface area contributed by atoms with Gasteiger partial charge in [-0.15, -0.1) is 13.2 Å².